The molecule has 1 nitrogen and oxygen atoms in total. The molecule has 0 amide bonds. The average Bonchev–Trinajstić information content (AvgIpc) is 2.65. The van der Waals surface area contributed by atoms with Crippen molar-refractivity contribution in [2.75, 3.05) is 0 Å². The number of benzene rings is 1. The smallest absolute Gasteiger partial charge is 0.0552 e. The van der Waals surface area contributed by atoms with Crippen LogP contribution in [-0.2, 0) is 6.04 Å². The van der Waals surface area contributed by atoms with E-state index in [2.05, 4.69) is 54.3 Å². The Bertz CT molecular complexity index is 456. The van der Waals surface area contributed by atoms with Crippen molar-refractivity contribution in [1.82, 2.24) is 4.37 Å². The van der Waals surface area contributed by atoms with E-state index in [0.29, 0.717) is 0 Å². The van der Waals surface area contributed by atoms with Crippen LogP contribution < -0.4 is 0 Å². The molecule has 1 aromatic heterocycles. The summed E-state index contributed by atoms with van der Waals surface area (Å²) in [5, 5.41) is 0. The maximum Gasteiger partial charge on any atom is 0.0552 e. The summed E-state index contributed by atoms with van der Waals surface area (Å²) in [6, 6.07) is 13.9. The van der Waals surface area contributed by atoms with E-state index in [0.717, 1.165) is 0 Å². The molecular weight excluding hydrogens is 230 g/mol. The molecule has 2 aromatic rings. The third-order valence-electron chi connectivity index (χ3n) is 2.33. The lowest BCUT2D eigenvalue weighted by Crippen LogP contribution is -2.23. The highest BCUT2D eigenvalue weighted by Crippen LogP contribution is 2.25. The third-order valence-corrected chi connectivity index (χ3v) is 4.63. The molecule has 1 heterocycles. The van der Waals surface area contributed by atoms with Gasteiger partial charge in [0, 0.05) is 0 Å². The summed E-state index contributed by atoms with van der Waals surface area (Å²) in [4.78, 5) is 1.29. The molecular formula is C13H17NSSi. The number of hydrogen-bond acceptors (Lipinski definition) is 2. The first kappa shape index (κ1) is 11.5. The molecule has 0 aliphatic carbocycles. The maximum atomic E-state index is 4.55. The predicted octanol–water partition coefficient (Wildman–Crippen LogP) is 4.23. The lowest BCUT2D eigenvalue weighted by atomic mass is 10.2. The molecule has 0 spiro atoms. The van der Waals surface area contributed by atoms with Crippen LogP contribution in [0.3, 0.4) is 0 Å². The topological polar surface area (TPSA) is 12.9 Å². The molecule has 0 aliphatic rings. The Morgan fingerprint density at radius 1 is 1.12 bits per heavy atom. The minimum Gasteiger partial charge on any atom is -0.197 e. The lowest BCUT2D eigenvalue weighted by molar-refractivity contribution is 1.23. The second-order valence-corrected chi connectivity index (χ2v) is 11.6. The highest BCUT2D eigenvalue weighted by atomic mass is 32.1. The minimum absolute atomic E-state index is 1.04. The van der Waals surface area contributed by atoms with Crippen LogP contribution in [0.5, 0.6) is 0 Å². The van der Waals surface area contributed by atoms with Gasteiger partial charge in [-0.3, -0.25) is 0 Å². The summed E-state index contributed by atoms with van der Waals surface area (Å²) < 4.78 is 4.55. The van der Waals surface area contributed by atoms with Crippen molar-refractivity contribution >= 4 is 19.6 Å². The highest BCUT2D eigenvalue weighted by molar-refractivity contribution is 7.09. The Morgan fingerprint density at radius 3 is 2.44 bits per heavy atom. The van der Waals surface area contributed by atoms with Gasteiger partial charge in [-0.05, 0) is 29.2 Å². The largest absolute Gasteiger partial charge is 0.197 e. The van der Waals surface area contributed by atoms with Gasteiger partial charge in [0.05, 0.1) is 18.6 Å². The molecule has 1 aromatic carbocycles. The van der Waals surface area contributed by atoms with E-state index in [-0.39, 0.29) is 0 Å². The van der Waals surface area contributed by atoms with Crippen molar-refractivity contribution in [2.24, 2.45) is 0 Å². The van der Waals surface area contributed by atoms with Crippen molar-refractivity contribution in [1.29, 1.82) is 0 Å². The van der Waals surface area contributed by atoms with Crippen molar-refractivity contribution in [3.8, 4) is 10.4 Å². The van der Waals surface area contributed by atoms with Crippen LogP contribution in [0.25, 0.3) is 10.4 Å². The number of hydrogen-bond donors (Lipinski definition) is 0. The highest BCUT2D eigenvalue weighted by Gasteiger charge is 2.16. The van der Waals surface area contributed by atoms with Crippen LogP contribution in [0.1, 0.15) is 5.69 Å². The van der Waals surface area contributed by atoms with Crippen LogP contribution in [0.4, 0.5) is 0 Å². The van der Waals surface area contributed by atoms with E-state index < -0.39 is 8.07 Å². The van der Waals surface area contributed by atoms with Crippen LogP contribution in [0, 0.1) is 0 Å². The van der Waals surface area contributed by atoms with E-state index in [1.165, 1.54) is 22.2 Å². The molecule has 0 saturated heterocycles. The van der Waals surface area contributed by atoms with Crippen molar-refractivity contribution < 1.29 is 0 Å². The minimum atomic E-state index is -1.04. The Labute approximate surface area is 102 Å². The first-order valence-corrected chi connectivity index (χ1v) is 10.0. The zero-order valence-electron chi connectivity index (χ0n) is 10.0. The second kappa shape index (κ2) is 4.51. The van der Waals surface area contributed by atoms with E-state index in [9.17, 15) is 0 Å². The van der Waals surface area contributed by atoms with Gasteiger partial charge in [-0.2, -0.15) is 4.37 Å². The van der Waals surface area contributed by atoms with E-state index in [1.807, 2.05) is 6.07 Å². The summed E-state index contributed by atoms with van der Waals surface area (Å²) >= 11 is 1.62. The van der Waals surface area contributed by atoms with Gasteiger partial charge in [0.1, 0.15) is 0 Å². The van der Waals surface area contributed by atoms with Crippen LogP contribution in [-0.4, -0.2) is 12.4 Å². The Hall–Kier alpha value is -0.933. The molecule has 84 valence electrons. The van der Waals surface area contributed by atoms with Crippen molar-refractivity contribution in [3.63, 3.8) is 0 Å². The molecule has 0 fully saturated rings. The first-order valence-electron chi connectivity index (χ1n) is 5.56. The molecule has 0 atom stereocenters. The third kappa shape index (κ3) is 3.03. The fraction of sp³-hybridized carbons (Fsp3) is 0.308. The van der Waals surface area contributed by atoms with Gasteiger partial charge in [-0.15, -0.1) is 0 Å². The Kier molecular flexibility index (Phi) is 3.26. The van der Waals surface area contributed by atoms with Gasteiger partial charge in [0.25, 0.3) is 0 Å². The van der Waals surface area contributed by atoms with Crippen molar-refractivity contribution in [2.45, 2.75) is 25.7 Å². The molecule has 0 bridgehead atoms. The molecule has 0 N–H and O–H groups in total. The molecule has 3 heteroatoms. The SMILES string of the molecule is C[Si](C)(C)Cc1cc(-c2ccccc2)sn1. The summed E-state index contributed by atoms with van der Waals surface area (Å²) in [5.74, 6) is 0. The van der Waals surface area contributed by atoms with Crippen LogP contribution in [0.2, 0.25) is 19.6 Å². The second-order valence-electron chi connectivity index (χ2n) is 5.29. The fourth-order valence-corrected chi connectivity index (χ4v) is 3.82. The van der Waals surface area contributed by atoms with Crippen molar-refractivity contribution in [3.05, 3.63) is 42.1 Å². The normalized spacial score (nSPS) is 11.7. The Morgan fingerprint density at radius 2 is 1.81 bits per heavy atom. The standard InChI is InChI=1S/C13H17NSSi/c1-16(2,3)10-12-9-13(15-14-12)11-7-5-4-6-8-11/h4-9H,10H2,1-3H3. The number of aromatic nitrogens is 1. The molecule has 0 saturated carbocycles. The van der Waals surface area contributed by atoms with Crippen LogP contribution in [0.15, 0.2) is 36.4 Å². The lowest BCUT2D eigenvalue weighted by Gasteiger charge is -2.12. The first-order chi connectivity index (χ1) is 7.54. The van der Waals surface area contributed by atoms with E-state index in [1.54, 1.807) is 11.5 Å². The molecule has 0 unspecified atom stereocenters. The fourth-order valence-electron chi connectivity index (χ4n) is 1.68. The van der Waals surface area contributed by atoms with Gasteiger partial charge in [0.2, 0.25) is 0 Å². The molecule has 0 radical (unpaired) electrons. The number of rotatable bonds is 3. The molecule has 2 rings (SSSR count). The van der Waals surface area contributed by atoms with Crippen LogP contribution >= 0.6 is 11.5 Å². The monoisotopic (exact) mass is 247 g/mol. The molecule has 0 aliphatic heterocycles. The zero-order valence-corrected chi connectivity index (χ0v) is 11.8. The molecule has 16 heavy (non-hydrogen) atoms. The maximum absolute atomic E-state index is 4.55. The van der Waals surface area contributed by atoms with Gasteiger partial charge in [0.15, 0.2) is 0 Å². The van der Waals surface area contributed by atoms with Gasteiger partial charge in [-0.25, -0.2) is 0 Å². The zero-order chi connectivity index (χ0) is 11.6. The quantitative estimate of drug-likeness (QED) is 0.740. The number of nitrogens with zero attached hydrogens (tertiary/aromatic N) is 1. The van der Waals surface area contributed by atoms with Gasteiger partial charge >= 0.3 is 0 Å². The summed E-state index contributed by atoms with van der Waals surface area (Å²) in [7, 11) is -1.04. The summed E-state index contributed by atoms with van der Waals surface area (Å²) in [5.41, 5.74) is 2.55. The average molecular weight is 247 g/mol. The van der Waals surface area contributed by atoms with E-state index in [4.69, 9.17) is 0 Å². The predicted molar refractivity (Wildman–Crippen MR) is 74.6 cm³/mol. The summed E-state index contributed by atoms with van der Waals surface area (Å²) in [6.45, 7) is 7.15. The summed E-state index contributed by atoms with van der Waals surface area (Å²) in [6.07, 6.45) is 0. The van der Waals surface area contributed by atoms with E-state index >= 15 is 0 Å². The Balaban J connectivity index is 2.21. The van der Waals surface area contributed by atoms with Gasteiger partial charge in [-0.1, -0.05) is 50.0 Å². The van der Waals surface area contributed by atoms with Gasteiger partial charge < -0.3 is 0 Å².